The fourth-order valence-electron chi connectivity index (χ4n) is 2.87. The summed E-state index contributed by atoms with van der Waals surface area (Å²) >= 11 is 3.43. The molecule has 19 heavy (non-hydrogen) atoms. The minimum atomic E-state index is -0.0770. The fourth-order valence-corrected chi connectivity index (χ4v) is 3.27. The molecule has 1 aliphatic rings. The normalized spacial score (nSPS) is 23.4. The molecular formula is C15H21BrN2O. The third kappa shape index (κ3) is 3.18. The monoisotopic (exact) mass is 324 g/mol. The number of hydrogen-bond acceptors (Lipinski definition) is 2. The number of nitrogens with zero attached hydrogens (tertiary/aromatic N) is 1. The number of piperidine rings is 1. The Labute approximate surface area is 123 Å². The number of halogens is 1. The summed E-state index contributed by atoms with van der Waals surface area (Å²) in [5.41, 5.74) is 0.686. The van der Waals surface area contributed by atoms with Crippen LogP contribution < -0.4 is 5.32 Å². The van der Waals surface area contributed by atoms with Gasteiger partial charge in [0.05, 0.1) is 5.54 Å². The molecule has 1 N–H and O–H groups in total. The minimum Gasteiger partial charge on any atom is -0.332 e. The fraction of sp³-hybridized carbons (Fsp3) is 0.533. The van der Waals surface area contributed by atoms with Gasteiger partial charge in [0.1, 0.15) is 0 Å². The van der Waals surface area contributed by atoms with Gasteiger partial charge in [0.15, 0.2) is 0 Å². The molecule has 2 rings (SSSR count). The molecule has 104 valence electrons. The van der Waals surface area contributed by atoms with Crippen LogP contribution in [0.3, 0.4) is 0 Å². The molecule has 1 aromatic carbocycles. The Balaban J connectivity index is 2.25. The molecule has 1 aromatic rings. The molecule has 0 spiro atoms. The van der Waals surface area contributed by atoms with Crippen LogP contribution in [0.1, 0.15) is 36.5 Å². The van der Waals surface area contributed by atoms with E-state index in [0.29, 0.717) is 0 Å². The van der Waals surface area contributed by atoms with Crippen molar-refractivity contribution in [3.05, 3.63) is 34.3 Å². The molecule has 0 radical (unpaired) electrons. The van der Waals surface area contributed by atoms with Crippen LogP contribution >= 0.6 is 15.9 Å². The third-order valence-corrected chi connectivity index (χ3v) is 4.37. The number of benzene rings is 1. The lowest BCUT2D eigenvalue weighted by Crippen LogP contribution is -2.57. The lowest BCUT2D eigenvalue weighted by atomic mass is 9.87. The number of carbonyl (C=O) groups excluding carboxylic acids is 1. The average Bonchev–Trinajstić information content (AvgIpc) is 2.38. The van der Waals surface area contributed by atoms with E-state index in [0.717, 1.165) is 36.0 Å². The molecule has 0 saturated carbocycles. The number of carbonyl (C=O) groups is 1. The van der Waals surface area contributed by atoms with Crippen LogP contribution in [-0.4, -0.2) is 36.5 Å². The quantitative estimate of drug-likeness (QED) is 0.926. The lowest BCUT2D eigenvalue weighted by molar-refractivity contribution is 0.0382. The van der Waals surface area contributed by atoms with Gasteiger partial charge in [0.2, 0.25) is 0 Å². The molecule has 1 saturated heterocycles. The molecule has 1 heterocycles. The molecule has 0 bridgehead atoms. The van der Waals surface area contributed by atoms with Gasteiger partial charge in [0.25, 0.3) is 5.91 Å². The Hall–Kier alpha value is -0.870. The highest BCUT2D eigenvalue weighted by Crippen LogP contribution is 2.29. The van der Waals surface area contributed by atoms with Crippen LogP contribution in [-0.2, 0) is 0 Å². The van der Waals surface area contributed by atoms with E-state index in [4.69, 9.17) is 0 Å². The summed E-state index contributed by atoms with van der Waals surface area (Å²) in [6.45, 7) is 3.87. The molecule has 0 aliphatic carbocycles. The molecule has 1 unspecified atom stereocenters. The standard InChI is InChI=1S/C15H21BrN2O/c1-15(11-17-2)8-3-4-9-18(15)14(19)12-6-5-7-13(16)10-12/h5-7,10,17H,3-4,8-9,11H2,1-2H3. The molecule has 4 heteroatoms. The maximum absolute atomic E-state index is 12.7. The van der Waals surface area contributed by atoms with E-state index in [1.165, 1.54) is 6.42 Å². The van der Waals surface area contributed by atoms with E-state index in [1.807, 2.05) is 36.2 Å². The van der Waals surface area contributed by atoms with Crippen molar-refractivity contribution in [1.82, 2.24) is 10.2 Å². The molecule has 3 nitrogen and oxygen atoms in total. The van der Waals surface area contributed by atoms with Gasteiger partial charge >= 0.3 is 0 Å². The highest BCUT2D eigenvalue weighted by Gasteiger charge is 2.37. The van der Waals surface area contributed by atoms with Crippen LogP contribution in [0, 0.1) is 0 Å². The van der Waals surface area contributed by atoms with Crippen LogP contribution in [0.15, 0.2) is 28.7 Å². The highest BCUT2D eigenvalue weighted by molar-refractivity contribution is 9.10. The van der Waals surface area contributed by atoms with Crippen molar-refractivity contribution >= 4 is 21.8 Å². The van der Waals surface area contributed by atoms with Gasteiger partial charge in [-0.3, -0.25) is 4.79 Å². The summed E-state index contributed by atoms with van der Waals surface area (Å²) in [6, 6.07) is 7.65. The first-order valence-electron chi connectivity index (χ1n) is 6.79. The van der Waals surface area contributed by atoms with E-state index in [-0.39, 0.29) is 11.4 Å². The van der Waals surface area contributed by atoms with Crippen LogP contribution in [0.4, 0.5) is 0 Å². The maximum atomic E-state index is 12.7. The molecule has 1 aliphatic heterocycles. The van der Waals surface area contributed by atoms with Crippen molar-refractivity contribution in [2.24, 2.45) is 0 Å². The smallest absolute Gasteiger partial charge is 0.254 e. The van der Waals surface area contributed by atoms with Gasteiger partial charge in [-0.25, -0.2) is 0 Å². The predicted octanol–water partition coefficient (Wildman–Crippen LogP) is 3.05. The molecule has 1 fully saturated rings. The highest BCUT2D eigenvalue weighted by atomic mass is 79.9. The van der Waals surface area contributed by atoms with E-state index in [2.05, 4.69) is 28.2 Å². The van der Waals surface area contributed by atoms with Gasteiger partial charge in [-0.1, -0.05) is 22.0 Å². The van der Waals surface area contributed by atoms with Gasteiger partial charge < -0.3 is 10.2 Å². The third-order valence-electron chi connectivity index (χ3n) is 3.87. The summed E-state index contributed by atoms with van der Waals surface area (Å²) < 4.78 is 0.950. The second-order valence-electron chi connectivity index (χ2n) is 5.45. The minimum absolute atomic E-state index is 0.0770. The largest absolute Gasteiger partial charge is 0.332 e. The first-order chi connectivity index (χ1) is 9.07. The Morgan fingerprint density at radius 3 is 2.95 bits per heavy atom. The first kappa shape index (κ1) is 14.5. The summed E-state index contributed by atoms with van der Waals surface area (Å²) in [5.74, 6) is 0.138. The molecular weight excluding hydrogens is 304 g/mol. The molecule has 0 aromatic heterocycles. The number of amides is 1. The number of nitrogens with one attached hydrogen (secondary N) is 1. The average molecular weight is 325 g/mol. The van der Waals surface area contributed by atoms with Crippen molar-refractivity contribution in [3.63, 3.8) is 0 Å². The zero-order chi connectivity index (χ0) is 13.9. The number of rotatable bonds is 3. The van der Waals surface area contributed by atoms with E-state index in [9.17, 15) is 4.79 Å². The van der Waals surface area contributed by atoms with Crippen molar-refractivity contribution in [2.45, 2.75) is 31.7 Å². The Morgan fingerprint density at radius 1 is 1.47 bits per heavy atom. The number of likely N-dealkylation sites (N-methyl/N-ethyl adjacent to an activating group) is 1. The van der Waals surface area contributed by atoms with E-state index < -0.39 is 0 Å². The zero-order valence-electron chi connectivity index (χ0n) is 11.6. The van der Waals surface area contributed by atoms with Crippen molar-refractivity contribution in [2.75, 3.05) is 20.1 Å². The Kier molecular flexibility index (Phi) is 4.63. The summed E-state index contributed by atoms with van der Waals surface area (Å²) in [5, 5.41) is 3.22. The Bertz CT molecular complexity index is 459. The Morgan fingerprint density at radius 2 is 2.26 bits per heavy atom. The van der Waals surface area contributed by atoms with Gasteiger partial charge in [-0.2, -0.15) is 0 Å². The SMILES string of the molecule is CNCC1(C)CCCCN1C(=O)c1cccc(Br)c1. The maximum Gasteiger partial charge on any atom is 0.254 e. The summed E-state index contributed by atoms with van der Waals surface area (Å²) in [4.78, 5) is 14.8. The van der Waals surface area contributed by atoms with Crippen LogP contribution in [0.2, 0.25) is 0 Å². The lowest BCUT2D eigenvalue weighted by Gasteiger charge is -2.45. The summed E-state index contributed by atoms with van der Waals surface area (Å²) in [6.07, 6.45) is 3.35. The predicted molar refractivity (Wildman–Crippen MR) is 81.4 cm³/mol. The number of likely N-dealkylation sites (tertiary alicyclic amines) is 1. The first-order valence-corrected chi connectivity index (χ1v) is 7.58. The van der Waals surface area contributed by atoms with E-state index in [1.54, 1.807) is 0 Å². The topological polar surface area (TPSA) is 32.3 Å². The van der Waals surface area contributed by atoms with Gasteiger partial charge in [-0.15, -0.1) is 0 Å². The molecule has 1 atom stereocenters. The zero-order valence-corrected chi connectivity index (χ0v) is 13.2. The van der Waals surface area contributed by atoms with Gasteiger partial charge in [-0.05, 0) is 51.4 Å². The second kappa shape index (κ2) is 6.06. The number of hydrogen-bond donors (Lipinski definition) is 1. The van der Waals surface area contributed by atoms with E-state index >= 15 is 0 Å². The van der Waals surface area contributed by atoms with Crippen LogP contribution in [0.5, 0.6) is 0 Å². The summed E-state index contributed by atoms with van der Waals surface area (Å²) in [7, 11) is 1.95. The van der Waals surface area contributed by atoms with Gasteiger partial charge in [0, 0.05) is 23.1 Å². The van der Waals surface area contributed by atoms with Crippen molar-refractivity contribution in [1.29, 1.82) is 0 Å². The molecule has 1 amide bonds. The second-order valence-corrected chi connectivity index (χ2v) is 6.37. The van der Waals surface area contributed by atoms with Crippen molar-refractivity contribution in [3.8, 4) is 0 Å². The van der Waals surface area contributed by atoms with Crippen molar-refractivity contribution < 1.29 is 4.79 Å². The van der Waals surface area contributed by atoms with Crippen LogP contribution in [0.25, 0.3) is 0 Å².